The molecule has 5 nitrogen and oxygen atoms in total. The maximum absolute atomic E-state index is 12.6. The van der Waals surface area contributed by atoms with Crippen LogP contribution in [0.3, 0.4) is 0 Å². The number of nitrogens with zero attached hydrogens (tertiary/aromatic N) is 1. The van der Waals surface area contributed by atoms with E-state index in [0.29, 0.717) is 23.1 Å². The summed E-state index contributed by atoms with van der Waals surface area (Å²) in [6.07, 6.45) is 1.85. The molecule has 3 aromatic carbocycles. The number of benzene rings is 3. The summed E-state index contributed by atoms with van der Waals surface area (Å²) in [7, 11) is -3.40. The second-order valence-corrected chi connectivity index (χ2v) is 9.09. The van der Waals surface area contributed by atoms with Crippen molar-refractivity contribution in [2.24, 2.45) is 0 Å². The fourth-order valence-corrected chi connectivity index (χ4v) is 5.15. The van der Waals surface area contributed by atoms with Crippen LogP contribution < -0.4 is 10.6 Å². The SMILES string of the molecule is O=S(=O)(c1ccc(NC(=S)Nc2cccc3ccccc23)cc1)N1CCCC1. The fraction of sp³-hybridized carbons (Fsp3) is 0.190. The molecule has 1 aliphatic rings. The van der Waals surface area contributed by atoms with Gasteiger partial charge < -0.3 is 10.6 Å². The zero-order chi connectivity index (χ0) is 19.6. The van der Waals surface area contributed by atoms with E-state index in [-0.39, 0.29) is 0 Å². The Kier molecular flexibility index (Phi) is 5.30. The van der Waals surface area contributed by atoms with Crippen molar-refractivity contribution in [3.63, 3.8) is 0 Å². The van der Waals surface area contributed by atoms with Gasteiger partial charge in [-0.15, -0.1) is 0 Å². The number of hydrogen-bond donors (Lipinski definition) is 2. The number of hydrogen-bond acceptors (Lipinski definition) is 3. The van der Waals surface area contributed by atoms with E-state index in [1.807, 2.05) is 30.3 Å². The lowest BCUT2D eigenvalue weighted by Gasteiger charge is -2.16. The molecule has 1 aliphatic heterocycles. The number of sulfonamides is 1. The molecule has 0 atom stereocenters. The summed E-state index contributed by atoms with van der Waals surface area (Å²) in [5, 5.41) is 9.00. The van der Waals surface area contributed by atoms with E-state index in [4.69, 9.17) is 12.2 Å². The Bertz CT molecular complexity index is 1100. The first kappa shape index (κ1) is 18.9. The molecule has 3 aromatic rings. The first-order chi connectivity index (χ1) is 13.5. The van der Waals surface area contributed by atoms with Crippen LogP contribution in [0.2, 0.25) is 0 Å². The predicted molar refractivity (Wildman–Crippen MR) is 118 cm³/mol. The Labute approximate surface area is 170 Å². The van der Waals surface area contributed by atoms with Gasteiger partial charge in [-0.1, -0.05) is 36.4 Å². The van der Waals surface area contributed by atoms with Crippen LogP contribution in [0.1, 0.15) is 12.8 Å². The molecule has 0 aromatic heterocycles. The molecule has 7 heteroatoms. The quantitative estimate of drug-likeness (QED) is 0.622. The Morgan fingerprint density at radius 3 is 2.29 bits per heavy atom. The van der Waals surface area contributed by atoms with Crippen LogP contribution in [-0.4, -0.2) is 30.9 Å². The van der Waals surface area contributed by atoms with Crippen molar-refractivity contribution in [1.82, 2.24) is 4.31 Å². The molecular formula is C21H21N3O2S2. The first-order valence-corrected chi connectivity index (χ1v) is 11.0. The maximum atomic E-state index is 12.6. The van der Waals surface area contributed by atoms with Crippen molar-refractivity contribution < 1.29 is 8.42 Å². The summed E-state index contributed by atoms with van der Waals surface area (Å²) in [4.78, 5) is 0.313. The fourth-order valence-electron chi connectivity index (χ4n) is 3.41. The zero-order valence-corrected chi connectivity index (χ0v) is 16.9. The van der Waals surface area contributed by atoms with Crippen LogP contribution in [0.25, 0.3) is 10.8 Å². The minimum atomic E-state index is -3.40. The van der Waals surface area contributed by atoms with Gasteiger partial charge >= 0.3 is 0 Å². The molecule has 0 amide bonds. The van der Waals surface area contributed by atoms with Crippen LogP contribution in [-0.2, 0) is 10.0 Å². The summed E-state index contributed by atoms with van der Waals surface area (Å²) in [5.74, 6) is 0. The van der Waals surface area contributed by atoms with E-state index in [2.05, 4.69) is 22.8 Å². The molecule has 0 aliphatic carbocycles. The minimum Gasteiger partial charge on any atom is -0.332 e. The van der Waals surface area contributed by atoms with Gasteiger partial charge in [-0.3, -0.25) is 0 Å². The number of fused-ring (bicyclic) bond motifs is 1. The Hall–Kier alpha value is -2.48. The normalized spacial score (nSPS) is 14.9. The van der Waals surface area contributed by atoms with Crippen LogP contribution in [0, 0.1) is 0 Å². The van der Waals surface area contributed by atoms with Crippen molar-refractivity contribution >= 4 is 49.5 Å². The largest absolute Gasteiger partial charge is 0.332 e. The van der Waals surface area contributed by atoms with Crippen molar-refractivity contribution in [2.45, 2.75) is 17.7 Å². The molecule has 0 radical (unpaired) electrons. The van der Waals surface area contributed by atoms with Crippen LogP contribution >= 0.6 is 12.2 Å². The third-order valence-electron chi connectivity index (χ3n) is 4.85. The molecule has 0 bridgehead atoms. The Morgan fingerprint density at radius 1 is 0.857 bits per heavy atom. The molecule has 1 fully saturated rings. The van der Waals surface area contributed by atoms with E-state index >= 15 is 0 Å². The summed E-state index contributed by atoms with van der Waals surface area (Å²) < 4.78 is 26.7. The highest BCUT2D eigenvalue weighted by Crippen LogP contribution is 2.24. The van der Waals surface area contributed by atoms with E-state index in [1.165, 1.54) is 0 Å². The monoisotopic (exact) mass is 411 g/mol. The minimum absolute atomic E-state index is 0.313. The Balaban J connectivity index is 1.46. The van der Waals surface area contributed by atoms with E-state index in [9.17, 15) is 8.42 Å². The van der Waals surface area contributed by atoms with Crippen LogP contribution in [0.15, 0.2) is 71.6 Å². The Morgan fingerprint density at radius 2 is 1.54 bits per heavy atom. The molecule has 0 spiro atoms. The van der Waals surface area contributed by atoms with E-state index < -0.39 is 10.0 Å². The first-order valence-electron chi connectivity index (χ1n) is 9.20. The standard InChI is InChI=1S/C21H21N3O2S2/c25-28(26,24-14-3-4-15-24)18-12-10-17(11-13-18)22-21(27)23-20-9-5-7-16-6-1-2-8-19(16)20/h1-2,5-13H,3-4,14-15H2,(H2,22,23,27). The van der Waals surface area contributed by atoms with E-state index in [1.54, 1.807) is 28.6 Å². The molecule has 144 valence electrons. The third kappa shape index (κ3) is 3.87. The molecule has 1 heterocycles. The lowest BCUT2D eigenvalue weighted by Crippen LogP contribution is -2.27. The molecule has 0 unspecified atom stereocenters. The van der Waals surface area contributed by atoms with Crippen molar-refractivity contribution in [2.75, 3.05) is 23.7 Å². The zero-order valence-electron chi connectivity index (χ0n) is 15.3. The van der Waals surface area contributed by atoms with Crippen molar-refractivity contribution in [1.29, 1.82) is 0 Å². The van der Waals surface area contributed by atoms with Gasteiger partial charge in [0.2, 0.25) is 10.0 Å². The van der Waals surface area contributed by atoms with Crippen LogP contribution in [0.4, 0.5) is 11.4 Å². The van der Waals surface area contributed by atoms with Crippen molar-refractivity contribution in [3.05, 3.63) is 66.7 Å². The summed E-state index contributed by atoms with van der Waals surface area (Å²) in [5.41, 5.74) is 1.65. The van der Waals surface area contributed by atoms with Gasteiger partial charge in [-0.2, -0.15) is 4.31 Å². The lowest BCUT2D eigenvalue weighted by atomic mass is 10.1. The van der Waals surface area contributed by atoms with Gasteiger partial charge in [-0.05, 0) is 60.8 Å². The molecule has 1 saturated heterocycles. The van der Waals surface area contributed by atoms with E-state index in [0.717, 1.165) is 35.0 Å². The second-order valence-electron chi connectivity index (χ2n) is 6.74. The average Bonchev–Trinajstić information content (AvgIpc) is 3.24. The number of rotatable bonds is 4. The smallest absolute Gasteiger partial charge is 0.243 e. The second kappa shape index (κ2) is 7.87. The maximum Gasteiger partial charge on any atom is 0.243 e. The molecule has 28 heavy (non-hydrogen) atoms. The van der Waals surface area contributed by atoms with Gasteiger partial charge in [0, 0.05) is 29.9 Å². The topological polar surface area (TPSA) is 61.4 Å². The van der Waals surface area contributed by atoms with Gasteiger partial charge in [0.15, 0.2) is 5.11 Å². The van der Waals surface area contributed by atoms with Gasteiger partial charge in [-0.25, -0.2) is 8.42 Å². The molecule has 0 saturated carbocycles. The molecule has 4 rings (SSSR count). The number of thiocarbonyl (C=S) groups is 1. The highest BCUT2D eigenvalue weighted by atomic mass is 32.2. The van der Waals surface area contributed by atoms with Crippen molar-refractivity contribution in [3.8, 4) is 0 Å². The highest BCUT2D eigenvalue weighted by molar-refractivity contribution is 7.89. The molecular weight excluding hydrogens is 390 g/mol. The number of anilines is 2. The van der Waals surface area contributed by atoms with Gasteiger partial charge in [0.05, 0.1) is 4.90 Å². The number of nitrogens with one attached hydrogen (secondary N) is 2. The molecule has 2 N–H and O–H groups in total. The van der Waals surface area contributed by atoms with Gasteiger partial charge in [0.25, 0.3) is 0 Å². The lowest BCUT2D eigenvalue weighted by molar-refractivity contribution is 0.477. The average molecular weight is 412 g/mol. The highest BCUT2D eigenvalue weighted by Gasteiger charge is 2.26. The van der Waals surface area contributed by atoms with Gasteiger partial charge in [0.1, 0.15) is 0 Å². The predicted octanol–water partition coefficient (Wildman–Crippen LogP) is 4.43. The summed E-state index contributed by atoms with van der Waals surface area (Å²) in [6, 6.07) is 20.8. The van der Waals surface area contributed by atoms with Crippen LogP contribution in [0.5, 0.6) is 0 Å². The summed E-state index contributed by atoms with van der Waals surface area (Å²) in [6.45, 7) is 1.20. The third-order valence-corrected chi connectivity index (χ3v) is 6.97. The summed E-state index contributed by atoms with van der Waals surface area (Å²) >= 11 is 5.43.